The minimum absolute atomic E-state index is 0.0179. The topological polar surface area (TPSA) is 105 Å². The fraction of sp³-hybridized carbons (Fsp3) is 0.381. The van der Waals surface area contributed by atoms with Crippen LogP contribution in [0, 0.1) is 23.7 Å². The van der Waals surface area contributed by atoms with Gasteiger partial charge in [0.25, 0.3) is 0 Å². The maximum Gasteiger partial charge on any atom is 0.308 e. The van der Waals surface area contributed by atoms with E-state index in [0.29, 0.717) is 0 Å². The van der Waals surface area contributed by atoms with Crippen LogP contribution in [-0.4, -0.2) is 29.5 Å². The number of hydrogen-bond acceptors (Lipinski definition) is 4. The lowest BCUT2D eigenvalue weighted by Crippen LogP contribution is -2.48. The molecule has 31 heavy (non-hydrogen) atoms. The first-order chi connectivity index (χ1) is 14.6. The van der Waals surface area contributed by atoms with E-state index in [-0.39, 0.29) is 45.7 Å². The molecule has 0 aromatic heterocycles. The van der Waals surface area contributed by atoms with Crippen LogP contribution in [0.15, 0.2) is 35.4 Å². The molecule has 1 aromatic carbocycles. The summed E-state index contributed by atoms with van der Waals surface area (Å²) in [6.45, 7) is 3.79. The van der Waals surface area contributed by atoms with Crippen LogP contribution < -0.4 is 15.6 Å². The van der Waals surface area contributed by atoms with Gasteiger partial charge in [0.2, 0.25) is 11.8 Å². The van der Waals surface area contributed by atoms with Crippen LogP contribution in [0.4, 0.5) is 0 Å². The van der Waals surface area contributed by atoms with Gasteiger partial charge in [-0.2, -0.15) is 0 Å². The summed E-state index contributed by atoms with van der Waals surface area (Å²) in [5.41, 5.74) is 6.63. The maximum absolute atomic E-state index is 12.7. The van der Waals surface area contributed by atoms with Crippen LogP contribution in [0.2, 0.25) is 15.1 Å². The van der Waals surface area contributed by atoms with E-state index in [4.69, 9.17) is 39.5 Å². The predicted molar refractivity (Wildman–Crippen MR) is 117 cm³/mol. The van der Waals surface area contributed by atoms with Gasteiger partial charge in [-0.1, -0.05) is 58.1 Å². The Balaban J connectivity index is 1.54. The second-order valence-corrected chi connectivity index (χ2v) is 8.84. The molecule has 166 valence electrons. The molecule has 2 bridgehead atoms. The average Bonchev–Trinajstić information content (AvgIpc) is 3.26. The van der Waals surface area contributed by atoms with Crippen molar-refractivity contribution in [3.63, 3.8) is 0 Å². The zero-order valence-corrected chi connectivity index (χ0v) is 19.0. The van der Waals surface area contributed by atoms with Crippen molar-refractivity contribution >= 4 is 52.6 Å². The van der Waals surface area contributed by atoms with Gasteiger partial charge in [0, 0.05) is 17.9 Å². The van der Waals surface area contributed by atoms with Gasteiger partial charge in [0.05, 0.1) is 39.9 Å². The van der Waals surface area contributed by atoms with Gasteiger partial charge >= 0.3 is 5.97 Å². The molecule has 3 N–H and O–H groups in total. The van der Waals surface area contributed by atoms with Crippen LogP contribution in [0.25, 0.3) is 0 Å². The van der Waals surface area contributed by atoms with E-state index >= 15 is 0 Å². The summed E-state index contributed by atoms with van der Waals surface area (Å²) in [5.74, 6) is -4.03. The Kier molecular flexibility index (Phi) is 7.19. The number of aliphatic carboxylic acids is 1. The first kappa shape index (κ1) is 23.4. The second kappa shape index (κ2) is 9.51. The molecule has 0 heterocycles. The van der Waals surface area contributed by atoms with Crippen molar-refractivity contribution in [3.05, 3.63) is 50.5 Å². The Morgan fingerprint density at radius 1 is 0.968 bits per heavy atom. The number of ether oxygens (including phenoxy) is 1. The lowest BCUT2D eigenvalue weighted by atomic mass is 9.82. The number of nitrogens with one attached hydrogen (secondary N) is 2. The fourth-order valence-corrected chi connectivity index (χ4v) is 4.78. The van der Waals surface area contributed by atoms with E-state index in [1.165, 1.54) is 12.1 Å². The molecule has 2 aliphatic rings. The molecule has 3 rings (SSSR count). The number of amides is 2. The monoisotopic (exact) mass is 486 g/mol. The SMILES string of the molecule is CC(C)=C1C2C=CC1C(C(=O)NNC(=O)CCOc1cc(Cl)c(Cl)cc1Cl)C2C(=O)O. The van der Waals surface area contributed by atoms with Crippen molar-refractivity contribution in [1.82, 2.24) is 10.9 Å². The molecule has 0 radical (unpaired) electrons. The van der Waals surface area contributed by atoms with Crippen molar-refractivity contribution in [2.24, 2.45) is 23.7 Å². The molecule has 0 spiro atoms. The fourth-order valence-electron chi connectivity index (χ4n) is 4.19. The lowest BCUT2D eigenvalue weighted by molar-refractivity contribution is -0.148. The summed E-state index contributed by atoms with van der Waals surface area (Å²) in [6, 6.07) is 2.88. The van der Waals surface area contributed by atoms with Gasteiger partial charge in [-0.3, -0.25) is 25.2 Å². The molecular formula is C21H21Cl3N2O5. The summed E-state index contributed by atoms with van der Waals surface area (Å²) in [6.07, 6.45) is 3.64. The molecule has 10 heteroatoms. The van der Waals surface area contributed by atoms with Crippen LogP contribution >= 0.6 is 34.8 Å². The first-order valence-corrected chi connectivity index (χ1v) is 10.7. The van der Waals surface area contributed by atoms with Crippen LogP contribution in [0.3, 0.4) is 0 Å². The lowest BCUT2D eigenvalue weighted by Gasteiger charge is -2.23. The standard InChI is InChI=1S/C21H21Cl3N2O5/c1-9(2)17-10-3-4-11(17)19(21(29)30)18(10)20(28)26-25-16(27)5-6-31-15-8-13(23)12(22)7-14(15)24/h3-4,7-8,10-11,18-19H,5-6H2,1-2H3,(H,25,27)(H,26,28)(H,29,30). The Morgan fingerprint density at radius 2 is 1.58 bits per heavy atom. The number of halogens is 3. The second-order valence-electron chi connectivity index (χ2n) is 7.61. The van der Waals surface area contributed by atoms with Gasteiger partial charge < -0.3 is 9.84 Å². The van der Waals surface area contributed by atoms with E-state index < -0.39 is 29.6 Å². The number of carboxylic acids is 1. The molecule has 2 aliphatic carbocycles. The van der Waals surface area contributed by atoms with E-state index in [1.54, 1.807) is 0 Å². The Hall–Kier alpha value is -2.22. The molecule has 4 unspecified atom stereocenters. The summed E-state index contributed by atoms with van der Waals surface area (Å²) in [5, 5.41) is 10.4. The van der Waals surface area contributed by atoms with Crippen molar-refractivity contribution in [3.8, 4) is 5.75 Å². The van der Waals surface area contributed by atoms with E-state index in [0.717, 1.165) is 11.1 Å². The highest BCUT2D eigenvalue weighted by atomic mass is 35.5. The quantitative estimate of drug-likeness (QED) is 0.319. The number of fused-ring (bicyclic) bond motifs is 2. The number of benzene rings is 1. The molecular weight excluding hydrogens is 467 g/mol. The third kappa shape index (κ3) is 4.84. The number of hydrazine groups is 1. The van der Waals surface area contributed by atoms with Gasteiger partial charge in [-0.15, -0.1) is 0 Å². The molecule has 1 saturated carbocycles. The van der Waals surface area contributed by atoms with E-state index in [9.17, 15) is 19.5 Å². The summed E-state index contributed by atoms with van der Waals surface area (Å²) < 4.78 is 5.44. The summed E-state index contributed by atoms with van der Waals surface area (Å²) in [4.78, 5) is 36.6. The first-order valence-electron chi connectivity index (χ1n) is 9.56. The van der Waals surface area contributed by atoms with E-state index in [2.05, 4.69) is 10.9 Å². The predicted octanol–water partition coefficient (Wildman–Crippen LogP) is 4.03. The Bertz CT molecular complexity index is 987. The molecule has 1 fully saturated rings. The Morgan fingerprint density at radius 3 is 2.19 bits per heavy atom. The molecule has 0 saturated heterocycles. The third-order valence-electron chi connectivity index (χ3n) is 5.46. The number of carbonyl (C=O) groups is 3. The normalized spacial score (nSPS) is 23.6. The number of carbonyl (C=O) groups excluding carboxylic acids is 2. The highest BCUT2D eigenvalue weighted by molar-refractivity contribution is 6.43. The summed E-state index contributed by atoms with van der Waals surface area (Å²) in [7, 11) is 0. The van der Waals surface area contributed by atoms with Crippen LogP contribution in [-0.2, 0) is 14.4 Å². The smallest absolute Gasteiger partial charge is 0.308 e. The molecule has 1 aromatic rings. The minimum atomic E-state index is -1.03. The van der Waals surface area contributed by atoms with Gasteiger partial charge in [-0.05, 0) is 19.9 Å². The van der Waals surface area contributed by atoms with Crippen molar-refractivity contribution < 1.29 is 24.2 Å². The van der Waals surface area contributed by atoms with Gasteiger partial charge in [0.15, 0.2) is 0 Å². The zero-order valence-electron chi connectivity index (χ0n) is 16.7. The number of rotatable bonds is 6. The number of hydrogen-bond donors (Lipinski definition) is 3. The third-order valence-corrected chi connectivity index (χ3v) is 6.47. The Labute approximate surface area is 194 Å². The maximum atomic E-state index is 12.7. The summed E-state index contributed by atoms with van der Waals surface area (Å²) >= 11 is 17.8. The molecule has 7 nitrogen and oxygen atoms in total. The van der Waals surface area contributed by atoms with Crippen molar-refractivity contribution in [2.75, 3.05) is 6.61 Å². The number of allylic oxidation sites excluding steroid dienone is 4. The van der Waals surface area contributed by atoms with Crippen LogP contribution in [0.5, 0.6) is 5.75 Å². The molecule has 0 aliphatic heterocycles. The van der Waals surface area contributed by atoms with Crippen molar-refractivity contribution in [1.29, 1.82) is 0 Å². The average molecular weight is 488 g/mol. The zero-order chi connectivity index (χ0) is 22.9. The van der Waals surface area contributed by atoms with Crippen LogP contribution in [0.1, 0.15) is 20.3 Å². The highest BCUT2D eigenvalue weighted by Crippen LogP contribution is 2.53. The molecule has 2 amide bonds. The largest absolute Gasteiger partial charge is 0.491 e. The number of carboxylic acid groups (broad SMARTS) is 1. The minimum Gasteiger partial charge on any atom is -0.491 e. The highest BCUT2D eigenvalue weighted by Gasteiger charge is 2.55. The van der Waals surface area contributed by atoms with Gasteiger partial charge in [0.1, 0.15) is 5.75 Å². The van der Waals surface area contributed by atoms with Crippen molar-refractivity contribution in [2.45, 2.75) is 20.3 Å². The molecule has 4 atom stereocenters. The van der Waals surface area contributed by atoms with Gasteiger partial charge in [-0.25, -0.2) is 0 Å². The van der Waals surface area contributed by atoms with E-state index in [1.807, 2.05) is 26.0 Å².